The maximum absolute atomic E-state index is 13.8. The van der Waals surface area contributed by atoms with Crippen molar-refractivity contribution >= 4 is 0 Å². The van der Waals surface area contributed by atoms with Crippen molar-refractivity contribution in [3.63, 3.8) is 0 Å². The van der Waals surface area contributed by atoms with E-state index in [9.17, 15) is 40.2 Å². The molecule has 1 aliphatic rings. The van der Waals surface area contributed by atoms with Gasteiger partial charge in [0.15, 0.2) is 0 Å². The van der Waals surface area contributed by atoms with Crippen LogP contribution in [0.4, 0.5) is 35.1 Å². The molecular formula is C11H14F8O. The second-order valence-electron chi connectivity index (χ2n) is 5.23. The molecule has 1 nitrogen and oxygen atoms in total. The van der Waals surface area contributed by atoms with Gasteiger partial charge in [-0.25, -0.2) is 22.0 Å². The zero-order valence-electron chi connectivity index (χ0n) is 10.6. The van der Waals surface area contributed by atoms with Crippen LogP contribution in [-0.4, -0.2) is 34.9 Å². The first-order chi connectivity index (χ1) is 8.70. The fourth-order valence-corrected chi connectivity index (χ4v) is 2.63. The Balaban J connectivity index is 3.44. The molecule has 1 N–H and O–H groups in total. The zero-order chi connectivity index (χ0) is 16.1. The van der Waals surface area contributed by atoms with E-state index in [1.54, 1.807) is 0 Å². The molecule has 0 radical (unpaired) electrons. The monoisotopic (exact) mass is 314 g/mol. The van der Waals surface area contributed by atoms with Crippen molar-refractivity contribution in [1.82, 2.24) is 0 Å². The third-order valence-corrected chi connectivity index (χ3v) is 3.81. The summed E-state index contributed by atoms with van der Waals surface area (Å²) in [5, 5.41) is 9.31. The summed E-state index contributed by atoms with van der Waals surface area (Å²) in [4.78, 5) is 0. The molecular weight excluding hydrogens is 300 g/mol. The Kier molecular flexibility index (Phi) is 4.11. The third-order valence-electron chi connectivity index (χ3n) is 3.81. The van der Waals surface area contributed by atoms with Gasteiger partial charge in [-0.15, -0.1) is 0 Å². The molecule has 0 aromatic rings. The van der Waals surface area contributed by atoms with E-state index in [2.05, 4.69) is 0 Å². The smallest absolute Gasteiger partial charge is 0.376 e. The molecule has 120 valence electrons. The molecule has 0 heterocycles. The molecule has 4 atom stereocenters. The Morgan fingerprint density at radius 3 is 1.90 bits per heavy atom. The molecule has 4 unspecified atom stereocenters. The first-order valence-electron chi connectivity index (χ1n) is 5.89. The molecule has 1 fully saturated rings. The van der Waals surface area contributed by atoms with Crippen molar-refractivity contribution in [3.8, 4) is 0 Å². The lowest BCUT2D eigenvalue weighted by atomic mass is 9.65. The summed E-state index contributed by atoms with van der Waals surface area (Å²) >= 11 is 0. The molecule has 0 aliphatic heterocycles. The number of alkyl halides is 8. The summed E-state index contributed by atoms with van der Waals surface area (Å²) in [6, 6.07) is 0. The first-order valence-corrected chi connectivity index (χ1v) is 5.89. The van der Waals surface area contributed by atoms with Crippen LogP contribution < -0.4 is 0 Å². The van der Waals surface area contributed by atoms with Gasteiger partial charge in [0.1, 0.15) is 12.1 Å². The van der Waals surface area contributed by atoms with Crippen LogP contribution >= 0.6 is 0 Å². The minimum atomic E-state index is -5.84. The third kappa shape index (κ3) is 2.37. The van der Waals surface area contributed by atoms with Crippen molar-refractivity contribution in [1.29, 1.82) is 0 Å². The van der Waals surface area contributed by atoms with Crippen molar-refractivity contribution in [2.24, 2.45) is 11.8 Å². The summed E-state index contributed by atoms with van der Waals surface area (Å²) in [5.41, 5.74) is -4.66. The maximum atomic E-state index is 13.8. The number of hydrogen-bond acceptors (Lipinski definition) is 1. The quantitative estimate of drug-likeness (QED) is 0.765. The van der Waals surface area contributed by atoms with Gasteiger partial charge in [0, 0.05) is 0 Å². The Morgan fingerprint density at radius 2 is 1.60 bits per heavy atom. The van der Waals surface area contributed by atoms with E-state index in [-0.39, 0.29) is 13.3 Å². The van der Waals surface area contributed by atoms with E-state index in [0.717, 1.165) is 0 Å². The number of rotatable bonds is 2. The van der Waals surface area contributed by atoms with Crippen LogP contribution in [0.2, 0.25) is 0 Å². The minimum absolute atomic E-state index is 0.0764. The van der Waals surface area contributed by atoms with Gasteiger partial charge in [0.05, 0.1) is 0 Å². The van der Waals surface area contributed by atoms with Gasteiger partial charge >= 0.3 is 6.18 Å². The summed E-state index contributed by atoms with van der Waals surface area (Å²) in [6.07, 6.45) is -10.7. The van der Waals surface area contributed by atoms with E-state index >= 15 is 0 Å². The highest BCUT2D eigenvalue weighted by molar-refractivity contribution is 5.12. The van der Waals surface area contributed by atoms with Gasteiger partial charge < -0.3 is 5.11 Å². The normalized spacial score (nSPS) is 38.9. The molecule has 20 heavy (non-hydrogen) atoms. The molecule has 0 aromatic carbocycles. The maximum Gasteiger partial charge on any atom is 0.423 e. The summed E-state index contributed by atoms with van der Waals surface area (Å²) < 4.78 is 106. The molecule has 1 aliphatic carbocycles. The average Bonchev–Trinajstić information content (AvgIpc) is 2.19. The lowest BCUT2D eigenvalue weighted by Crippen LogP contribution is -2.70. The fraction of sp³-hybridized carbons (Fsp3) is 1.00. The molecule has 0 amide bonds. The van der Waals surface area contributed by atoms with Crippen molar-refractivity contribution in [3.05, 3.63) is 0 Å². The van der Waals surface area contributed by atoms with Crippen molar-refractivity contribution in [2.75, 3.05) is 0 Å². The number of aliphatic hydroxyl groups is 1. The van der Waals surface area contributed by atoms with Gasteiger partial charge in [0.25, 0.3) is 11.8 Å². The van der Waals surface area contributed by atoms with Gasteiger partial charge in [0.2, 0.25) is 5.60 Å². The zero-order valence-corrected chi connectivity index (χ0v) is 10.6. The van der Waals surface area contributed by atoms with Crippen LogP contribution in [-0.2, 0) is 0 Å². The highest BCUT2D eigenvalue weighted by Crippen LogP contribution is 2.59. The lowest BCUT2D eigenvalue weighted by molar-refractivity contribution is -0.383. The molecule has 1 saturated carbocycles. The Labute approximate surface area is 110 Å². The second-order valence-corrected chi connectivity index (χ2v) is 5.23. The predicted molar refractivity (Wildman–Crippen MR) is 53.4 cm³/mol. The second kappa shape index (κ2) is 4.71. The SMILES string of the molecule is CCC1CC(O)(C(F)(F)F)C(F)(F)C(C(C)(F)F)C1F. The molecule has 0 bridgehead atoms. The van der Waals surface area contributed by atoms with Gasteiger partial charge in [-0.05, 0) is 19.3 Å². The Bertz CT molecular complexity index is 360. The number of halogens is 8. The Hall–Kier alpha value is -0.600. The van der Waals surface area contributed by atoms with Gasteiger partial charge in [-0.2, -0.15) is 13.2 Å². The van der Waals surface area contributed by atoms with Crippen LogP contribution in [0.15, 0.2) is 0 Å². The summed E-state index contributed by atoms with van der Waals surface area (Å²) in [5.74, 6) is -15.0. The molecule has 9 heteroatoms. The van der Waals surface area contributed by atoms with Crippen LogP contribution in [0, 0.1) is 11.8 Å². The van der Waals surface area contributed by atoms with E-state index in [4.69, 9.17) is 0 Å². The van der Waals surface area contributed by atoms with Crippen LogP contribution in [0.1, 0.15) is 26.7 Å². The Morgan fingerprint density at radius 1 is 1.15 bits per heavy atom. The standard InChI is InChI=1S/C11H14F8O/c1-3-5-4-9(20,11(17,18)19)10(15,16)7(6(5)12)8(2,13)14/h5-7,20H,3-4H2,1-2H3. The van der Waals surface area contributed by atoms with Crippen molar-refractivity contribution < 1.29 is 40.2 Å². The fourth-order valence-electron chi connectivity index (χ4n) is 2.63. The van der Waals surface area contributed by atoms with Crippen LogP contribution in [0.5, 0.6) is 0 Å². The van der Waals surface area contributed by atoms with E-state index in [1.807, 2.05) is 0 Å². The van der Waals surface area contributed by atoms with E-state index < -0.39 is 48.1 Å². The van der Waals surface area contributed by atoms with Crippen LogP contribution in [0.25, 0.3) is 0 Å². The first kappa shape index (κ1) is 17.5. The summed E-state index contributed by atoms with van der Waals surface area (Å²) in [7, 11) is 0. The molecule has 0 saturated heterocycles. The van der Waals surface area contributed by atoms with Crippen LogP contribution in [0.3, 0.4) is 0 Å². The predicted octanol–water partition coefficient (Wildman–Crippen LogP) is 3.95. The van der Waals surface area contributed by atoms with E-state index in [0.29, 0.717) is 0 Å². The topological polar surface area (TPSA) is 20.2 Å². The molecule has 0 spiro atoms. The average molecular weight is 314 g/mol. The lowest BCUT2D eigenvalue weighted by Gasteiger charge is -2.50. The highest BCUT2D eigenvalue weighted by atomic mass is 19.4. The minimum Gasteiger partial charge on any atom is -0.376 e. The van der Waals surface area contributed by atoms with Gasteiger partial charge in [-0.1, -0.05) is 13.3 Å². The van der Waals surface area contributed by atoms with Gasteiger partial charge in [-0.3, -0.25) is 0 Å². The largest absolute Gasteiger partial charge is 0.423 e. The highest BCUT2D eigenvalue weighted by Gasteiger charge is 2.78. The number of hydrogen-bond donors (Lipinski definition) is 1. The molecule has 0 aromatic heterocycles. The summed E-state index contributed by atoms with van der Waals surface area (Å²) in [6.45, 7) is 1.11. The molecule has 1 rings (SSSR count). The van der Waals surface area contributed by atoms with E-state index in [1.165, 1.54) is 6.92 Å². The van der Waals surface area contributed by atoms with Crippen molar-refractivity contribution in [2.45, 2.75) is 56.5 Å².